The van der Waals surface area contributed by atoms with Crippen LogP contribution < -0.4 is 10.6 Å². The van der Waals surface area contributed by atoms with E-state index in [1.807, 2.05) is 0 Å². The van der Waals surface area contributed by atoms with Gasteiger partial charge < -0.3 is 15.7 Å². The summed E-state index contributed by atoms with van der Waals surface area (Å²) in [6.45, 7) is 0.253. The van der Waals surface area contributed by atoms with Crippen molar-refractivity contribution in [2.24, 2.45) is 0 Å². The van der Waals surface area contributed by atoms with E-state index in [0.29, 0.717) is 21.4 Å². The van der Waals surface area contributed by atoms with Gasteiger partial charge in [-0.15, -0.1) is 0 Å². The van der Waals surface area contributed by atoms with Gasteiger partial charge in [0, 0.05) is 29.3 Å². The third kappa shape index (κ3) is 3.52. The highest BCUT2D eigenvalue weighted by atomic mass is 79.9. The van der Waals surface area contributed by atoms with Gasteiger partial charge in [0.1, 0.15) is 5.82 Å². The average molecular weight is 353 g/mol. The summed E-state index contributed by atoms with van der Waals surface area (Å²) in [4.78, 5) is 13.0. The molecule has 0 fully saturated rings. The Hall–Kier alpha value is -2.08. The number of rotatable bonds is 4. The number of nitrogen functional groups attached to an aromatic ring is 1. The molecule has 0 bridgehead atoms. The van der Waals surface area contributed by atoms with E-state index in [4.69, 9.17) is 5.73 Å². The van der Waals surface area contributed by atoms with Crippen molar-refractivity contribution in [3.63, 3.8) is 0 Å². The number of carbonyl (C=O) groups is 1. The first kappa shape index (κ1) is 15.3. The largest absolute Gasteiger partial charge is 0.478 e. The van der Waals surface area contributed by atoms with Crippen molar-refractivity contribution in [3.05, 3.63) is 57.8 Å². The van der Waals surface area contributed by atoms with Gasteiger partial charge in [-0.2, -0.15) is 0 Å². The second-order valence-electron chi connectivity index (χ2n) is 4.67. The molecule has 0 amide bonds. The SMILES string of the molecule is CN(Cc1ccc(Br)cc1F)c1ccc(N)cc1C(=O)O. The Labute approximate surface area is 130 Å². The van der Waals surface area contributed by atoms with Gasteiger partial charge >= 0.3 is 5.97 Å². The lowest BCUT2D eigenvalue weighted by molar-refractivity contribution is 0.0697. The summed E-state index contributed by atoms with van der Waals surface area (Å²) in [5, 5.41) is 9.23. The molecule has 21 heavy (non-hydrogen) atoms. The summed E-state index contributed by atoms with van der Waals surface area (Å²) < 4.78 is 14.5. The molecular formula is C15H14BrFN2O2. The minimum absolute atomic E-state index is 0.0926. The third-order valence-corrected chi connectivity index (χ3v) is 3.58. The minimum Gasteiger partial charge on any atom is -0.478 e. The Kier molecular flexibility index (Phi) is 4.47. The van der Waals surface area contributed by atoms with E-state index in [1.165, 1.54) is 12.1 Å². The van der Waals surface area contributed by atoms with Crippen LogP contribution in [-0.2, 0) is 6.54 Å². The third-order valence-electron chi connectivity index (χ3n) is 3.08. The first-order valence-electron chi connectivity index (χ1n) is 6.16. The molecular weight excluding hydrogens is 339 g/mol. The molecule has 0 aliphatic carbocycles. The first-order valence-corrected chi connectivity index (χ1v) is 6.95. The van der Waals surface area contributed by atoms with Crippen LogP contribution in [0, 0.1) is 5.82 Å². The normalized spacial score (nSPS) is 10.4. The van der Waals surface area contributed by atoms with Crippen molar-refractivity contribution in [1.29, 1.82) is 0 Å². The van der Waals surface area contributed by atoms with Crippen molar-refractivity contribution in [2.75, 3.05) is 17.7 Å². The minimum atomic E-state index is -1.07. The summed E-state index contributed by atoms with van der Waals surface area (Å²) in [5.74, 6) is -1.41. The highest BCUT2D eigenvalue weighted by molar-refractivity contribution is 9.10. The van der Waals surface area contributed by atoms with Crippen LogP contribution in [0.25, 0.3) is 0 Å². The van der Waals surface area contributed by atoms with E-state index >= 15 is 0 Å². The molecule has 0 aliphatic rings. The molecule has 3 N–H and O–H groups in total. The van der Waals surface area contributed by atoms with Crippen molar-refractivity contribution < 1.29 is 14.3 Å². The number of anilines is 2. The number of hydrogen-bond acceptors (Lipinski definition) is 3. The highest BCUT2D eigenvalue weighted by Crippen LogP contribution is 2.25. The molecule has 0 saturated carbocycles. The van der Waals surface area contributed by atoms with Gasteiger partial charge in [0.15, 0.2) is 0 Å². The second-order valence-corrected chi connectivity index (χ2v) is 5.59. The zero-order valence-electron chi connectivity index (χ0n) is 11.3. The molecule has 2 aromatic carbocycles. The average Bonchev–Trinajstić information content (AvgIpc) is 2.41. The Morgan fingerprint density at radius 1 is 1.33 bits per heavy atom. The van der Waals surface area contributed by atoms with Crippen LogP contribution in [0.3, 0.4) is 0 Å². The fourth-order valence-electron chi connectivity index (χ4n) is 2.05. The number of carboxylic acid groups (broad SMARTS) is 1. The molecule has 6 heteroatoms. The fraction of sp³-hybridized carbons (Fsp3) is 0.133. The van der Waals surface area contributed by atoms with Crippen molar-refractivity contribution >= 4 is 33.3 Å². The Morgan fingerprint density at radius 3 is 2.67 bits per heavy atom. The number of halogens is 2. The predicted molar refractivity (Wildman–Crippen MR) is 84.0 cm³/mol. The molecule has 2 aromatic rings. The van der Waals surface area contributed by atoms with Crippen molar-refractivity contribution in [1.82, 2.24) is 0 Å². The predicted octanol–water partition coefficient (Wildman–Crippen LogP) is 3.51. The molecule has 0 aliphatic heterocycles. The maximum Gasteiger partial charge on any atom is 0.337 e. The lowest BCUT2D eigenvalue weighted by Gasteiger charge is -2.22. The number of hydrogen-bond donors (Lipinski definition) is 2. The number of nitrogens with two attached hydrogens (primary N) is 1. The Morgan fingerprint density at radius 2 is 2.05 bits per heavy atom. The molecule has 0 spiro atoms. The van der Waals surface area contributed by atoms with E-state index in [1.54, 1.807) is 36.2 Å². The monoisotopic (exact) mass is 352 g/mol. The summed E-state index contributed by atoms with van der Waals surface area (Å²) in [5.41, 5.74) is 7.04. The van der Waals surface area contributed by atoms with Crippen LogP contribution in [0.2, 0.25) is 0 Å². The molecule has 4 nitrogen and oxygen atoms in total. The van der Waals surface area contributed by atoms with E-state index in [9.17, 15) is 14.3 Å². The number of aromatic carboxylic acids is 1. The standard InChI is InChI=1S/C15H14BrFN2O2/c1-19(8-9-2-3-10(16)6-13(9)17)14-5-4-11(18)7-12(14)15(20)21/h2-7H,8,18H2,1H3,(H,20,21). The van der Waals surface area contributed by atoms with Gasteiger partial charge in [0.05, 0.1) is 11.3 Å². The van der Waals surface area contributed by atoms with Crippen LogP contribution in [0.5, 0.6) is 0 Å². The summed E-state index contributed by atoms with van der Waals surface area (Å²) in [6, 6.07) is 9.42. The van der Waals surface area contributed by atoms with Gasteiger partial charge in [-0.1, -0.05) is 22.0 Å². The first-order chi connectivity index (χ1) is 9.88. The number of benzene rings is 2. The van der Waals surface area contributed by atoms with Gasteiger partial charge in [-0.05, 0) is 30.3 Å². The van der Waals surface area contributed by atoms with Crippen molar-refractivity contribution in [3.8, 4) is 0 Å². The zero-order valence-corrected chi connectivity index (χ0v) is 12.9. The Balaban J connectivity index is 2.32. The summed E-state index contributed by atoms with van der Waals surface area (Å²) in [6.07, 6.45) is 0. The molecule has 0 saturated heterocycles. The second kappa shape index (κ2) is 6.13. The number of nitrogens with zero attached hydrogens (tertiary/aromatic N) is 1. The summed E-state index contributed by atoms with van der Waals surface area (Å²) in [7, 11) is 1.71. The van der Waals surface area contributed by atoms with Gasteiger partial charge in [0.25, 0.3) is 0 Å². The zero-order chi connectivity index (χ0) is 15.6. The molecule has 0 unspecified atom stereocenters. The topological polar surface area (TPSA) is 66.6 Å². The van der Waals surface area contributed by atoms with Gasteiger partial charge in [-0.25, -0.2) is 9.18 Å². The maximum atomic E-state index is 13.9. The van der Waals surface area contributed by atoms with E-state index in [0.717, 1.165) is 0 Å². The molecule has 0 radical (unpaired) electrons. The lowest BCUT2D eigenvalue weighted by atomic mass is 10.1. The van der Waals surface area contributed by atoms with Crippen LogP contribution in [-0.4, -0.2) is 18.1 Å². The maximum absolute atomic E-state index is 13.9. The quantitative estimate of drug-likeness (QED) is 0.826. The highest BCUT2D eigenvalue weighted by Gasteiger charge is 2.15. The lowest BCUT2D eigenvalue weighted by Crippen LogP contribution is -2.20. The van der Waals surface area contributed by atoms with Gasteiger partial charge in [-0.3, -0.25) is 0 Å². The molecule has 0 atom stereocenters. The van der Waals surface area contributed by atoms with E-state index < -0.39 is 5.97 Å². The van der Waals surface area contributed by atoms with Crippen LogP contribution in [0.1, 0.15) is 15.9 Å². The molecule has 2 rings (SSSR count). The van der Waals surface area contributed by atoms with Crippen LogP contribution >= 0.6 is 15.9 Å². The molecule has 110 valence electrons. The smallest absolute Gasteiger partial charge is 0.337 e. The fourth-order valence-corrected chi connectivity index (χ4v) is 2.38. The molecule has 0 heterocycles. The van der Waals surface area contributed by atoms with E-state index in [2.05, 4.69) is 15.9 Å². The number of carboxylic acids is 1. The summed E-state index contributed by atoms with van der Waals surface area (Å²) >= 11 is 3.20. The van der Waals surface area contributed by atoms with Crippen LogP contribution in [0.15, 0.2) is 40.9 Å². The van der Waals surface area contributed by atoms with E-state index in [-0.39, 0.29) is 17.9 Å². The van der Waals surface area contributed by atoms with Crippen LogP contribution in [0.4, 0.5) is 15.8 Å². The molecule has 0 aromatic heterocycles. The van der Waals surface area contributed by atoms with Gasteiger partial charge in [0.2, 0.25) is 0 Å². The Bertz CT molecular complexity index is 691. The van der Waals surface area contributed by atoms with Crippen molar-refractivity contribution in [2.45, 2.75) is 6.54 Å².